The van der Waals surface area contributed by atoms with E-state index in [1.807, 2.05) is 0 Å². The van der Waals surface area contributed by atoms with E-state index in [1.165, 1.54) is 0 Å². The lowest BCUT2D eigenvalue weighted by Gasteiger charge is -2.24. The lowest BCUT2D eigenvalue weighted by Crippen LogP contribution is -2.43. The molecule has 2 fully saturated rings. The fourth-order valence-electron chi connectivity index (χ4n) is 3.63. The third-order valence-corrected chi connectivity index (χ3v) is 5.68. The molecule has 13 heteroatoms. The Hall–Kier alpha value is -3.22. The van der Waals surface area contributed by atoms with Crippen LogP contribution in [0.5, 0.6) is 0 Å². The number of hydrogen-bond donors (Lipinski definition) is 0. The number of nitrogens with zero attached hydrogens (tertiary/aromatic N) is 2. The summed E-state index contributed by atoms with van der Waals surface area (Å²) >= 11 is 0. The van der Waals surface area contributed by atoms with Crippen LogP contribution in [-0.2, 0) is 40.0 Å². The summed E-state index contributed by atoms with van der Waals surface area (Å²) in [6.45, 7) is 5.13. The predicted molar refractivity (Wildman–Crippen MR) is 110 cm³/mol. The Morgan fingerprint density at radius 2 is 1.79 bits per heavy atom. The van der Waals surface area contributed by atoms with E-state index in [2.05, 4.69) is 0 Å². The summed E-state index contributed by atoms with van der Waals surface area (Å²) in [5.74, 6) is -5.04. The van der Waals surface area contributed by atoms with E-state index in [4.69, 9.17) is 23.7 Å². The second-order valence-corrected chi connectivity index (χ2v) is 8.31. The molecule has 1 aromatic heterocycles. The largest absolute Gasteiger partial charge is 0.509 e. The van der Waals surface area contributed by atoms with Gasteiger partial charge >= 0.3 is 23.8 Å². The maximum absolute atomic E-state index is 15.8. The summed E-state index contributed by atoms with van der Waals surface area (Å²) in [5, 5.41) is 0. The number of carbonyl (C=O) groups excluding carboxylic acids is 3. The first-order valence-corrected chi connectivity index (χ1v) is 10.9. The molecular formula is C21H27FN2O10. The standard InChI is InChI=1S/C21H27FN2O10/c1-5-12(6-2)18(27)30-9-21(22)15-14(32-20(29)33-15)16(34-21)23-8-7-13(25)24(19(23)28)10-31-17(26)11(3)4/h7-8,11-12,14-16H,5-6,9-10H2,1-4H3/t14-,15+,16-,21-/m1/s1. The molecule has 0 spiro atoms. The van der Waals surface area contributed by atoms with Crippen LogP contribution in [-0.4, -0.2) is 51.9 Å². The van der Waals surface area contributed by atoms with E-state index >= 15 is 4.39 Å². The highest BCUT2D eigenvalue weighted by molar-refractivity contribution is 5.72. The Morgan fingerprint density at radius 1 is 1.12 bits per heavy atom. The van der Waals surface area contributed by atoms with Gasteiger partial charge in [0.2, 0.25) is 6.10 Å². The van der Waals surface area contributed by atoms with E-state index in [-0.39, 0.29) is 0 Å². The Kier molecular flexibility index (Phi) is 7.44. The van der Waals surface area contributed by atoms with Gasteiger partial charge in [-0.2, -0.15) is 0 Å². The Balaban J connectivity index is 1.87. The highest BCUT2D eigenvalue weighted by Gasteiger charge is 2.65. The van der Waals surface area contributed by atoms with Crippen molar-refractivity contribution in [3.05, 3.63) is 33.1 Å². The number of ether oxygens (including phenoxy) is 5. The molecule has 0 aromatic carbocycles. The number of alkyl halides is 1. The van der Waals surface area contributed by atoms with Crippen molar-refractivity contribution in [3.8, 4) is 0 Å². The van der Waals surface area contributed by atoms with E-state index < -0.39 is 78.8 Å². The number of hydrogen-bond acceptors (Lipinski definition) is 10. The SMILES string of the molecule is CCC(CC)C(=O)OC[C@@]1(F)O[C@@H](n2ccc(=O)n(COC(=O)C(C)C)c2=O)[C@@H]2OC(=O)O[C@@H]21. The fourth-order valence-corrected chi connectivity index (χ4v) is 3.63. The number of esters is 2. The second kappa shape index (κ2) is 9.95. The summed E-state index contributed by atoms with van der Waals surface area (Å²) < 4.78 is 42.5. The van der Waals surface area contributed by atoms with Crippen molar-refractivity contribution in [3.63, 3.8) is 0 Å². The summed E-state index contributed by atoms with van der Waals surface area (Å²) in [6.07, 6.45) is -3.78. The van der Waals surface area contributed by atoms with Crippen LogP contribution < -0.4 is 11.2 Å². The van der Waals surface area contributed by atoms with Crippen molar-refractivity contribution in [1.82, 2.24) is 9.13 Å². The first-order chi connectivity index (χ1) is 16.0. The third-order valence-electron chi connectivity index (χ3n) is 5.68. The summed E-state index contributed by atoms with van der Waals surface area (Å²) in [4.78, 5) is 60.8. The van der Waals surface area contributed by atoms with Gasteiger partial charge in [0, 0.05) is 12.3 Å². The molecule has 4 atom stereocenters. The van der Waals surface area contributed by atoms with Gasteiger partial charge in [0.1, 0.15) is 0 Å². The van der Waals surface area contributed by atoms with Crippen LogP contribution in [0.25, 0.3) is 0 Å². The normalized spacial score (nSPS) is 25.7. The minimum atomic E-state index is -2.81. The molecule has 0 saturated carbocycles. The van der Waals surface area contributed by atoms with Crippen LogP contribution >= 0.6 is 0 Å². The molecule has 0 bridgehead atoms. The van der Waals surface area contributed by atoms with Gasteiger partial charge in [0.25, 0.3) is 11.4 Å². The molecule has 188 valence electrons. The zero-order valence-corrected chi connectivity index (χ0v) is 19.2. The van der Waals surface area contributed by atoms with E-state index in [9.17, 15) is 24.0 Å². The topological polar surface area (TPSA) is 141 Å². The lowest BCUT2D eigenvalue weighted by molar-refractivity contribution is -0.221. The fraction of sp³-hybridized carbons (Fsp3) is 0.667. The van der Waals surface area contributed by atoms with E-state index in [1.54, 1.807) is 27.7 Å². The van der Waals surface area contributed by atoms with Gasteiger partial charge in [-0.05, 0) is 12.8 Å². The van der Waals surface area contributed by atoms with Gasteiger partial charge in [0.15, 0.2) is 25.7 Å². The van der Waals surface area contributed by atoms with Crippen molar-refractivity contribution < 1.29 is 42.5 Å². The first-order valence-electron chi connectivity index (χ1n) is 10.9. The summed E-state index contributed by atoms with van der Waals surface area (Å²) in [7, 11) is 0. The predicted octanol–water partition coefficient (Wildman–Crippen LogP) is 1.24. The molecule has 3 rings (SSSR count). The monoisotopic (exact) mass is 486 g/mol. The van der Waals surface area contributed by atoms with Crippen LogP contribution in [0.2, 0.25) is 0 Å². The van der Waals surface area contributed by atoms with Crippen molar-refractivity contribution in [1.29, 1.82) is 0 Å². The van der Waals surface area contributed by atoms with E-state index in [0.717, 1.165) is 16.8 Å². The first kappa shape index (κ1) is 25.4. The second-order valence-electron chi connectivity index (χ2n) is 8.31. The minimum absolute atomic E-state index is 0.446. The van der Waals surface area contributed by atoms with Gasteiger partial charge in [0.05, 0.1) is 11.8 Å². The van der Waals surface area contributed by atoms with Crippen LogP contribution in [0.3, 0.4) is 0 Å². The lowest BCUT2D eigenvalue weighted by atomic mass is 10.0. The average Bonchev–Trinajstić information content (AvgIpc) is 3.30. The molecule has 0 N–H and O–H groups in total. The zero-order valence-electron chi connectivity index (χ0n) is 19.2. The van der Waals surface area contributed by atoms with Gasteiger partial charge in [-0.1, -0.05) is 27.7 Å². The Morgan fingerprint density at radius 3 is 2.41 bits per heavy atom. The highest BCUT2D eigenvalue weighted by atomic mass is 19.2. The van der Waals surface area contributed by atoms with Gasteiger partial charge < -0.3 is 23.7 Å². The van der Waals surface area contributed by atoms with Crippen LogP contribution in [0.15, 0.2) is 21.9 Å². The molecule has 12 nitrogen and oxygen atoms in total. The minimum Gasteiger partial charge on any atom is -0.459 e. The summed E-state index contributed by atoms with van der Waals surface area (Å²) in [6, 6.07) is 0.978. The van der Waals surface area contributed by atoms with Gasteiger partial charge in [-0.15, -0.1) is 0 Å². The van der Waals surface area contributed by atoms with Crippen molar-refractivity contribution >= 4 is 18.1 Å². The highest BCUT2D eigenvalue weighted by Crippen LogP contribution is 2.44. The quantitative estimate of drug-likeness (QED) is 0.370. The van der Waals surface area contributed by atoms with Crippen LogP contribution in [0.4, 0.5) is 9.18 Å². The van der Waals surface area contributed by atoms with E-state index in [0.29, 0.717) is 17.4 Å². The molecule has 0 radical (unpaired) electrons. The molecule has 2 saturated heterocycles. The third kappa shape index (κ3) is 4.83. The number of rotatable bonds is 9. The molecule has 3 heterocycles. The van der Waals surface area contributed by atoms with Gasteiger partial charge in [-0.25, -0.2) is 18.5 Å². The molecule has 1 aromatic rings. The molecule has 34 heavy (non-hydrogen) atoms. The zero-order chi connectivity index (χ0) is 25.2. The molecular weight excluding hydrogens is 459 g/mol. The maximum atomic E-state index is 15.8. The summed E-state index contributed by atoms with van der Waals surface area (Å²) in [5.41, 5.74) is -1.79. The van der Waals surface area contributed by atoms with Crippen molar-refractivity contribution in [2.45, 2.75) is 71.6 Å². The Bertz CT molecular complexity index is 1060. The average molecular weight is 486 g/mol. The van der Waals surface area contributed by atoms with Gasteiger partial charge in [-0.3, -0.25) is 19.0 Å². The Labute approximate surface area is 193 Å². The van der Waals surface area contributed by atoms with Crippen molar-refractivity contribution in [2.75, 3.05) is 6.61 Å². The maximum Gasteiger partial charge on any atom is 0.509 e. The van der Waals surface area contributed by atoms with Crippen LogP contribution in [0.1, 0.15) is 46.8 Å². The molecule has 2 aliphatic rings. The molecule has 0 aliphatic carbocycles. The number of aromatic nitrogens is 2. The molecule has 2 aliphatic heterocycles. The van der Waals surface area contributed by atoms with Crippen LogP contribution in [0, 0.1) is 11.8 Å². The molecule has 0 unspecified atom stereocenters. The number of halogens is 1. The smallest absolute Gasteiger partial charge is 0.459 e. The number of fused-ring (bicyclic) bond motifs is 1. The molecule has 0 amide bonds. The van der Waals surface area contributed by atoms with Crippen molar-refractivity contribution in [2.24, 2.45) is 11.8 Å². The number of carbonyl (C=O) groups is 3.